The zero-order chi connectivity index (χ0) is 16.2. The maximum absolute atomic E-state index is 12.2. The number of nitrogens with zero attached hydrogens (tertiary/aromatic N) is 4. The van der Waals surface area contributed by atoms with E-state index in [0.717, 1.165) is 49.1 Å². The maximum atomic E-state index is 12.2. The van der Waals surface area contributed by atoms with Gasteiger partial charge in [0.1, 0.15) is 0 Å². The van der Waals surface area contributed by atoms with Gasteiger partial charge in [0.25, 0.3) is 0 Å². The number of benzene rings is 1. The fourth-order valence-electron chi connectivity index (χ4n) is 2.74. The second kappa shape index (κ2) is 7.08. The van der Waals surface area contributed by atoms with E-state index in [4.69, 9.17) is 0 Å². The molecule has 122 valence electrons. The largest absolute Gasteiger partial charge is 0.345 e. The van der Waals surface area contributed by atoms with Gasteiger partial charge in [-0.05, 0) is 6.42 Å². The van der Waals surface area contributed by atoms with E-state index in [2.05, 4.69) is 14.3 Å². The minimum absolute atomic E-state index is 0.0627. The average Bonchev–Trinajstić information content (AvgIpc) is 2.93. The quantitative estimate of drug-likeness (QED) is 0.868. The van der Waals surface area contributed by atoms with Crippen molar-refractivity contribution < 1.29 is 4.79 Å². The van der Waals surface area contributed by atoms with Gasteiger partial charge in [0, 0.05) is 49.2 Å². The van der Waals surface area contributed by atoms with E-state index in [9.17, 15) is 4.79 Å². The molecule has 1 aliphatic heterocycles. The number of aromatic nitrogens is 2. The Kier molecular flexibility index (Phi) is 4.91. The number of carbonyl (C=O) groups excluding carboxylic acids is 1. The highest BCUT2D eigenvalue weighted by Crippen LogP contribution is 2.24. The molecule has 1 aromatic carbocycles. The van der Waals surface area contributed by atoms with Crippen LogP contribution in [0.3, 0.4) is 0 Å². The van der Waals surface area contributed by atoms with Crippen LogP contribution in [-0.2, 0) is 4.79 Å². The molecule has 0 aliphatic carbocycles. The lowest BCUT2D eigenvalue weighted by Crippen LogP contribution is -2.37. The van der Waals surface area contributed by atoms with Crippen LogP contribution in [0.15, 0.2) is 30.3 Å². The van der Waals surface area contributed by atoms with Crippen LogP contribution < -0.4 is 4.90 Å². The zero-order valence-electron chi connectivity index (χ0n) is 13.6. The van der Waals surface area contributed by atoms with Crippen LogP contribution in [0, 0.1) is 5.92 Å². The molecule has 0 atom stereocenters. The van der Waals surface area contributed by atoms with Crippen molar-refractivity contribution in [1.29, 1.82) is 0 Å². The lowest BCUT2D eigenvalue weighted by Gasteiger charge is -2.23. The van der Waals surface area contributed by atoms with Gasteiger partial charge in [0.2, 0.25) is 11.0 Å². The van der Waals surface area contributed by atoms with E-state index < -0.39 is 0 Å². The van der Waals surface area contributed by atoms with Crippen molar-refractivity contribution >= 4 is 22.6 Å². The first-order valence-electron chi connectivity index (χ1n) is 8.08. The molecule has 0 saturated carbocycles. The van der Waals surface area contributed by atoms with Crippen LogP contribution in [0.2, 0.25) is 0 Å². The molecule has 1 aliphatic rings. The van der Waals surface area contributed by atoms with Gasteiger partial charge in [0.05, 0.1) is 0 Å². The Labute approximate surface area is 141 Å². The van der Waals surface area contributed by atoms with Gasteiger partial charge in [-0.25, -0.2) is 0 Å². The summed E-state index contributed by atoms with van der Waals surface area (Å²) in [5.41, 5.74) is 1.04. The minimum atomic E-state index is 0.0627. The van der Waals surface area contributed by atoms with Crippen LogP contribution in [0.25, 0.3) is 11.4 Å². The number of rotatable bonds is 3. The van der Waals surface area contributed by atoms with E-state index in [1.54, 1.807) is 0 Å². The monoisotopic (exact) mass is 330 g/mol. The van der Waals surface area contributed by atoms with E-state index in [0.29, 0.717) is 0 Å². The smallest absolute Gasteiger partial charge is 0.225 e. The number of carbonyl (C=O) groups is 1. The Morgan fingerprint density at radius 1 is 1.13 bits per heavy atom. The molecule has 6 heteroatoms. The second-order valence-electron chi connectivity index (χ2n) is 6.09. The van der Waals surface area contributed by atoms with Crippen molar-refractivity contribution in [3.05, 3.63) is 30.3 Å². The summed E-state index contributed by atoms with van der Waals surface area (Å²) in [4.78, 5) is 21.1. The van der Waals surface area contributed by atoms with Crippen LogP contribution >= 0.6 is 11.5 Å². The summed E-state index contributed by atoms with van der Waals surface area (Å²) in [7, 11) is 0. The molecule has 1 saturated heterocycles. The molecule has 3 rings (SSSR count). The highest BCUT2D eigenvalue weighted by Gasteiger charge is 2.22. The summed E-state index contributed by atoms with van der Waals surface area (Å²) in [6.07, 6.45) is 0.971. The molecule has 1 aromatic heterocycles. The van der Waals surface area contributed by atoms with Gasteiger partial charge < -0.3 is 9.80 Å². The summed E-state index contributed by atoms with van der Waals surface area (Å²) in [5, 5.41) is 0.947. The minimum Gasteiger partial charge on any atom is -0.345 e. The van der Waals surface area contributed by atoms with Gasteiger partial charge in [-0.2, -0.15) is 9.36 Å². The Hall–Kier alpha value is -1.95. The zero-order valence-corrected chi connectivity index (χ0v) is 14.4. The molecule has 0 bridgehead atoms. The Morgan fingerprint density at radius 2 is 1.91 bits per heavy atom. The summed E-state index contributed by atoms with van der Waals surface area (Å²) >= 11 is 1.44. The van der Waals surface area contributed by atoms with Crippen LogP contribution in [0.4, 0.5) is 5.13 Å². The third-order valence-electron chi connectivity index (χ3n) is 4.02. The third kappa shape index (κ3) is 3.69. The molecule has 0 N–H and O–H groups in total. The molecule has 2 heterocycles. The van der Waals surface area contributed by atoms with Crippen molar-refractivity contribution in [3.63, 3.8) is 0 Å². The second-order valence-corrected chi connectivity index (χ2v) is 6.82. The summed E-state index contributed by atoms with van der Waals surface area (Å²) in [6.45, 7) is 7.26. The van der Waals surface area contributed by atoms with Crippen LogP contribution in [-0.4, -0.2) is 46.3 Å². The lowest BCUT2D eigenvalue weighted by atomic mass is 10.2. The molecule has 0 unspecified atom stereocenters. The SMILES string of the molecule is CC(C)C(=O)N1CCCN(c2nc(-c3ccccc3)ns2)CC1. The average molecular weight is 330 g/mol. The summed E-state index contributed by atoms with van der Waals surface area (Å²) < 4.78 is 4.48. The van der Waals surface area contributed by atoms with E-state index >= 15 is 0 Å². The van der Waals surface area contributed by atoms with Gasteiger partial charge in [-0.3, -0.25) is 4.79 Å². The Bertz CT molecular complexity index is 656. The predicted molar refractivity (Wildman–Crippen MR) is 93.6 cm³/mol. The molecular formula is C17H22N4OS. The van der Waals surface area contributed by atoms with Gasteiger partial charge in [0.15, 0.2) is 5.82 Å². The molecule has 5 nitrogen and oxygen atoms in total. The third-order valence-corrected chi connectivity index (χ3v) is 4.80. The van der Waals surface area contributed by atoms with Gasteiger partial charge >= 0.3 is 0 Å². The summed E-state index contributed by atoms with van der Waals surface area (Å²) in [5.74, 6) is 1.09. The highest BCUT2D eigenvalue weighted by molar-refractivity contribution is 7.09. The normalized spacial score (nSPS) is 15.8. The fraction of sp³-hybridized carbons (Fsp3) is 0.471. The number of hydrogen-bond acceptors (Lipinski definition) is 5. The van der Waals surface area contributed by atoms with Crippen molar-refractivity contribution in [2.24, 2.45) is 5.92 Å². The first kappa shape index (κ1) is 15.9. The fourth-order valence-corrected chi connectivity index (χ4v) is 3.48. The lowest BCUT2D eigenvalue weighted by molar-refractivity contribution is -0.134. The molecule has 0 spiro atoms. The van der Waals surface area contributed by atoms with Crippen molar-refractivity contribution in [3.8, 4) is 11.4 Å². The van der Waals surface area contributed by atoms with Gasteiger partial charge in [-0.1, -0.05) is 44.2 Å². The predicted octanol–water partition coefficient (Wildman–Crippen LogP) is 2.90. The van der Waals surface area contributed by atoms with Crippen LogP contribution in [0.5, 0.6) is 0 Å². The van der Waals surface area contributed by atoms with E-state index in [1.807, 2.05) is 49.1 Å². The van der Waals surface area contributed by atoms with E-state index in [1.165, 1.54) is 11.5 Å². The van der Waals surface area contributed by atoms with Gasteiger partial charge in [-0.15, -0.1) is 0 Å². The Morgan fingerprint density at radius 3 is 2.65 bits per heavy atom. The molecule has 0 radical (unpaired) electrons. The standard InChI is InChI=1S/C17H22N4OS/c1-13(2)16(22)20-9-6-10-21(12-11-20)17-18-15(19-23-17)14-7-4-3-5-8-14/h3-5,7-8,13H,6,9-12H2,1-2H3. The van der Waals surface area contributed by atoms with Crippen molar-refractivity contribution in [2.45, 2.75) is 20.3 Å². The maximum Gasteiger partial charge on any atom is 0.225 e. The van der Waals surface area contributed by atoms with Crippen molar-refractivity contribution in [1.82, 2.24) is 14.3 Å². The molecule has 1 amide bonds. The Balaban J connectivity index is 1.69. The number of hydrogen-bond donors (Lipinski definition) is 0. The van der Waals surface area contributed by atoms with E-state index in [-0.39, 0.29) is 11.8 Å². The molecule has 23 heavy (non-hydrogen) atoms. The number of amides is 1. The number of anilines is 1. The summed E-state index contributed by atoms with van der Waals surface area (Å²) in [6, 6.07) is 10.0. The first-order chi connectivity index (χ1) is 11.1. The highest BCUT2D eigenvalue weighted by atomic mass is 32.1. The molecule has 2 aromatic rings. The van der Waals surface area contributed by atoms with Crippen molar-refractivity contribution in [2.75, 3.05) is 31.1 Å². The first-order valence-corrected chi connectivity index (χ1v) is 8.85. The van der Waals surface area contributed by atoms with Crippen LogP contribution in [0.1, 0.15) is 20.3 Å². The molecule has 1 fully saturated rings. The topological polar surface area (TPSA) is 49.3 Å². The molecular weight excluding hydrogens is 308 g/mol.